The third kappa shape index (κ3) is 12.3. The molecule has 0 fully saturated rings. The van der Waals surface area contributed by atoms with Gasteiger partial charge >= 0.3 is 10.0 Å². The summed E-state index contributed by atoms with van der Waals surface area (Å²) in [6.07, 6.45) is 1.28. The molecule has 0 aromatic carbocycles. The molecule has 0 aromatic rings. The molecule has 14 heavy (non-hydrogen) atoms. The summed E-state index contributed by atoms with van der Waals surface area (Å²) in [6, 6.07) is 0. The first-order chi connectivity index (χ1) is 6.40. The second-order valence-electron chi connectivity index (χ2n) is 4.29. The van der Waals surface area contributed by atoms with Crippen molar-refractivity contribution >= 4 is 18.2 Å². The van der Waals surface area contributed by atoms with E-state index in [9.17, 15) is 0 Å². The van der Waals surface area contributed by atoms with Crippen molar-refractivity contribution in [1.29, 1.82) is 0 Å². The zero-order chi connectivity index (χ0) is 11.6. The summed E-state index contributed by atoms with van der Waals surface area (Å²) in [5, 5.41) is 0. The average Bonchev–Trinajstić information content (AvgIpc) is 2.05. The Hall–Kier alpha value is 0.314. The van der Waals surface area contributed by atoms with Gasteiger partial charge in [-0.2, -0.15) is 0 Å². The van der Waals surface area contributed by atoms with Gasteiger partial charge in [-0.15, -0.1) is 0 Å². The Kier molecular flexibility index (Phi) is 11.8. The number of nitrogens with zero attached hydrogens (tertiary/aromatic N) is 1. The Labute approximate surface area is 92.9 Å². The van der Waals surface area contributed by atoms with Crippen molar-refractivity contribution in [3.63, 3.8) is 0 Å². The maximum atomic E-state index is 4.61. The van der Waals surface area contributed by atoms with E-state index in [0.29, 0.717) is 0 Å². The van der Waals surface area contributed by atoms with Crippen LogP contribution in [0.1, 0.15) is 13.3 Å². The Morgan fingerprint density at radius 1 is 1.14 bits per heavy atom. The molecule has 0 aliphatic rings. The van der Waals surface area contributed by atoms with Crippen LogP contribution in [-0.4, -0.2) is 50.6 Å². The zero-order valence-corrected chi connectivity index (χ0v) is 13.3. The molecule has 88 valence electrons. The summed E-state index contributed by atoms with van der Waals surface area (Å²) < 4.78 is 11.7. The van der Waals surface area contributed by atoms with Gasteiger partial charge in [0.1, 0.15) is 8.24 Å². The third-order valence-electron chi connectivity index (χ3n) is 1.94. The average molecular weight is 237 g/mol. The van der Waals surface area contributed by atoms with Crippen molar-refractivity contribution in [2.45, 2.75) is 33.0 Å². The SMILES string of the molecule is CCCN(C)[Si](C)(C)C.CO[SiH2]OC. The van der Waals surface area contributed by atoms with E-state index in [0.717, 1.165) is 0 Å². The zero-order valence-electron chi connectivity index (χ0n) is 10.9. The molecule has 3 nitrogen and oxygen atoms in total. The Bertz CT molecular complexity index is 116. The summed E-state index contributed by atoms with van der Waals surface area (Å²) in [7, 11) is 4.01. The number of hydrogen-bond acceptors (Lipinski definition) is 3. The van der Waals surface area contributed by atoms with Crippen LogP contribution >= 0.6 is 0 Å². The second kappa shape index (κ2) is 9.85. The largest absolute Gasteiger partial charge is 0.402 e. The minimum absolute atomic E-state index is 0.568. The predicted octanol–water partition coefficient (Wildman–Crippen LogP) is 1.44. The third-order valence-corrected chi connectivity index (χ3v) is 4.93. The molecule has 0 saturated heterocycles. The smallest absolute Gasteiger partial charge is 0.303 e. The monoisotopic (exact) mass is 237 g/mol. The van der Waals surface area contributed by atoms with Gasteiger partial charge in [-0.05, 0) is 20.0 Å². The van der Waals surface area contributed by atoms with Crippen LogP contribution in [-0.2, 0) is 8.85 Å². The fourth-order valence-electron chi connectivity index (χ4n) is 0.789. The lowest BCUT2D eigenvalue weighted by molar-refractivity contribution is 0.309. The Balaban J connectivity index is 0. The van der Waals surface area contributed by atoms with Crippen molar-refractivity contribution in [3.05, 3.63) is 0 Å². The summed E-state index contributed by atoms with van der Waals surface area (Å²) in [4.78, 5) is 0. The number of rotatable bonds is 5. The molecule has 0 aliphatic carbocycles. The van der Waals surface area contributed by atoms with Crippen molar-refractivity contribution < 1.29 is 8.85 Å². The van der Waals surface area contributed by atoms with Gasteiger partial charge in [0.15, 0.2) is 0 Å². The lowest BCUT2D eigenvalue weighted by Crippen LogP contribution is -2.43. The summed E-state index contributed by atoms with van der Waals surface area (Å²) in [5.74, 6) is 0. The van der Waals surface area contributed by atoms with Gasteiger partial charge in [0.2, 0.25) is 0 Å². The van der Waals surface area contributed by atoms with Gasteiger partial charge in [-0.25, -0.2) is 0 Å². The maximum Gasteiger partial charge on any atom is 0.303 e. The molecule has 0 spiro atoms. The fourth-order valence-corrected chi connectivity index (χ4v) is 1.92. The van der Waals surface area contributed by atoms with Crippen LogP contribution < -0.4 is 0 Å². The van der Waals surface area contributed by atoms with Crippen LogP contribution in [0.4, 0.5) is 0 Å². The predicted molar refractivity (Wildman–Crippen MR) is 68.8 cm³/mol. The molecule has 0 saturated carbocycles. The van der Waals surface area contributed by atoms with E-state index in [4.69, 9.17) is 0 Å². The standard InChI is InChI=1S/C7H19NSi.C2H8O2Si/c1-6-7-8(2)9(3,4)5;1-3-5-4-2/h6-7H2,1-5H3;5H2,1-2H3. The first-order valence-electron chi connectivity index (χ1n) is 5.09. The second-order valence-corrected chi connectivity index (χ2v) is 10.8. The molecule has 0 aromatic heterocycles. The van der Waals surface area contributed by atoms with Crippen molar-refractivity contribution in [3.8, 4) is 0 Å². The summed E-state index contributed by atoms with van der Waals surface area (Å²) >= 11 is 0. The molecule has 0 bridgehead atoms. The van der Waals surface area contributed by atoms with E-state index in [1.165, 1.54) is 13.0 Å². The Morgan fingerprint density at radius 2 is 1.57 bits per heavy atom. The van der Waals surface area contributed by atoms with Crippen LogP contribution in [0.5, 0.6) is 0 Å². The highest BCUT2D eigenvalue weighted by Crippen LogP contribution is 2.05. The molecular weight excluding hydrogens is 210 g/mol. The lowest BCUT2D eigenvalue weighted by atomic mass is 10.5. The topological polar surface area (TPSA) is 21.7 Å². The van der Waals surface area contributed by atoms with Crippen molar-refractivity contribution in [1.82, 2.24) is 4.57 Å². The van der Waals surface area contributed by atoms with Gasteiger partial charge in [0.25, 0.3) is 0 Å². The van der Waals surface area contributed by atoms with E-state index in [-0.39, 0.29) is 0 Å². The van der Waals surface area contributed by atoms with Crippen LogP contribution in [0.3, 0.4) is 0 Å². The highest BCUT2D eigenvalue weighted by molar-refractivity contribution is 6.73. The molecule has 0 radical (unpaired) electrons. The minimum Gasteiger partial charge on any atom is -0.402 e. The maximum absolute atomic E-state index is 4.61. The molecular formula is C9H27NO2Si2. The molecule has 0 aliphatic heterocycles. The van der Waals surface area contributed by atoms with Crippen LogP contribution in [0.15, 0.2) is 0 Å². The summed E-state index contributed by atoms with van der Waals surface area (Å²) in [5.41, 5.74) is 0. The molecule has 0 rings (SSSR count). The fraction of sp³-hybridized carbons (Fsp3) is 1.00. The highest BCUT2D eigenvalue weighted by Gasteiger charge is 2.17. The molecule has 0 heterocycles. The Morgan fingerprint density at radius 3 is 1.64 bits per heavy atom. The van der Waals surface area contributed by atoms with Gasteiger partial charge in [0.05, 0.1) is 0 Å². The van der Waals surface area contributed by atoms with Gasteiger partial charge in [-0.3, -0.25) is 0 Å². The summed E-state index contributed by atoms with van der Waals surface area (Å²) in [6.45, 7) is 10.6. The van der Waals surface area contributed by atoms with E-state index in [2.05, 4.69) is 47.0 Å². The molecule has 0 atom stereocenters. The molecule has 0 unspecified atom stereocenters. The van der Waals surface area contributed by atoms with Crippen molar-refractivity contribution in [2.75, 3.05) is 27.8 Å². The van der Waals surface area contributed by atoms with Crippen LogP contribution in [0, 0.1) is 0 Å². The normalized spacial score (nSPS) is 11.1. The quantitative estimate of drug-likeness (QED) is 0.676. The van der Waals surface area contributed by atoms with Crippen LogP contribution in [0.2, 0.25) is 19.6 Å². The van der Waals surface area contributed by atoms with E-state index in [1.807, 2.05) is 0 Å². The van der Waals surface area contributed by atoms with Crippen molar-refractivity contribution in [2.24, 2.45) is 0 Å². The van der Waals surface area contributed by atoms with E-state index < -0.39 is 18.2 Å². The van der Waals surface area contributed by atoms with E-state index >= 15 is 0 Å². The minimum atomic E-state index is -0.948. The molecule has 0 amide bonds. The highest BCUT2D eigenvalue weighted by atomic mass is 28.3. The molecule has 5 heteroatoms. The van der Waals surface area contributed by atoms with Crippen LogP contribution in [0.25, 0.3) is 0 Å². The van der Waals surface area contributed by atoms with E-state index in [1.54, 1.807) is 14.2 Å². The first-order valence-corrected chi connectivity index (χ1v) is 9.69. The van der Waals surface area contributed by atoms with Gasteiger partial charge in [0, 0.05) is 14.2 Å². The van der Waals surface area contributed by atoms with Gasteiger partial charge < -0.3 is 13.4 Å². The van der Waals surface area contributed by atoms with Gasteiger partial charge in [-0.1, -0.05) is 26.6 Å². The molecule has 0 N–H and O–H groups in total. The lowest BCUT2D eigenvalue weighted by Gasteiger charge is -2.29. The number of hydrogen-bond donors (Lipinski definition) is 0. The first kappa shape index (κ1) is 16.7.